The van der Waals surface area contributed by atoms with Crippen LogP contribution in [0.5, 0.6) is 0 Å². The van der Waals surface area contributed by atoms with Gasteiger partial charge in [-0.3, -0.25) is 9.59 Å². The van der Waals surface area contributed by atoms with Crippen LogP contribution >= 0.6 is 0 Å². The quantitative estimate of drug-likeness (QED) is 0.297. The van der Waals surface area contributed by atoms with Gasteiger partial charge in [0.05, 0.1) is 5.41 Å². The summed E-state index contributed by atoms with van der Waals surface area (Å²) >= 11 is 0. The van der Waals surface area contributed by atoms with E-state index >= 15 is 4.39 Å². The molecule has 0 aliphatic heterocycles. The lowest BCUT2D eigenvalue weighted by molar-refractivity contribution is -0.130. The summed E-state index contributed by atoms with van der Waals surface area (Å²) in [6, 6.07) is 7.36. The second kappa shape index (κ2) is 8.33. The molecule has 3 nitrogen and oxygen atoms in total. The van der Waals surface area contributed by atoms with E-state index in [9.17, 15) is 22.8 Å². The normalized spacial score (nSPS) is 35.7. The Bertz CT molecular complexity index is 1250. The summed E-state index contributed by atoms with van der Waals surface area (Å²) in [5, 5.41) is 0. The summed E-state index contributed by atoms with van der Waals surface area (Å²) in [5.41, 5.74) is 7.52. The third-order valence-electron chi connectivity index (χ3n) is 9.30. The molecule has 0 bridgehead atoms. The van der Waals surface area contributed by atoms with E-state index in [-0.39, 0.29) is 42.2 Å². The number of halogens is 4. The molecule has 1 aromatic rings. The van der Waals surface area contributed by atoms with Crippen LogP contribution in [0.2, 0.25) is 0 Å². The molecule has 0 heterocycles. The van der Waals surface area contributed by atoms with Crippen molar-refractivity contribution in [1.29, 1.82) is 0 Å². The Kier molecular flexibility index (Phi) is 5.74. The zero-order chi connectivity index (χ0) is 26.0. The van der Waals surface area contributed by atoms with Crippen molar-refractivity contribution in [3.05, 3.63) is 52.6 Å². The molecule has 0 aromatic heterocycles. The number of ketones is 2. The number of rotatable bonds is 2. The molecular formula is C29H29F4NO2. The number of benzene rings is 1. The molecule has 0 saturated heterocycles. The molecule has 1 unspecified atom stereocenters. The van der Waals surface area contributed by atoms with Gasteiger partial charge in [0.1, 0.15) is 12.0 Å². The Morgan fingerprint density at radius 3 is 2.50 bits per heavy atom. The van der Waals surface area contributed by atoms with Gasteiger partial charge in [0, 0.05) is 23.9 Å². The average molecular weight is 500 g/mol. The van der Waals surface area contributed by atoms with Crippen molar-refractivity contribution in [1.82, 2.24) is 0 Å². The summed E-state index contributed by atoms with van der Waals surface area (Å²) < 4.78 is 55.2. The highest BCUT2D eigenvalue weighted by molar-refractivity contribution is 5.93. The molecule has 4 aliphatic carbocycles. The minimum atomic E-state index is -4.71. The summed E-state index contributed by atoms with van der Waals surface area (Å²) in [5.74, 6) is 2.72. The van der Waals surface area contributed by atoms with Crippen molar-refractivity contribution < 1.29 is 27.2 Å². The topological polar surface area (TPSA) is 60.2 Å². The van der Waals surface area contributed by atoms with E-state index in [2.05, 4.69) is 5.92 Å². The lowest BCUT2D eigenvalue weighted by atomic mass is 9.48. The first-order chi connectivity index (χ1) is 16.9. The lowest BCUT2D eigenvalue weighted by Gasteiger charge is -2.55. The van der Waals surface area contributed by atoms with E-state index in [1.54, 1.807) is 12.1 Å². The van der Waals surface area contributed by atoms with Crippen molar-refractivity contribution in [2.24, 2.45) is 22.7 Å². The van der Waals surface area contributed by atoms with E-state index in [1.807, 2.05) is 19.1 Å². The monoisotopic (exact) mass is 499 g/mol. The van der Waals surface area contributed by atoms with Crippen LogP contribution in [-0.4, -0.2) is 23.9 Å². The van der Waals surface area contributed by atoms with Gasteiger partial charge in [0.2, 0.25) is 0 Å². The zero-order valence-corrected chi connectivity index (χ0v) is 20.3. The maximum absolute atomic E-state index is 15.6. The molecule has 7 heteroatoms. The molecule has 0 amide bonds. The molecular weight excluding hydrogens is 470 g/mol. The van der Waals surface area contributed by atoms with Crippen LogP contribution in [0.1, 0.15) is 63.9 Å². The number of alkyl halides is 4. The van der Waals surface area contributed by atoms with E-state index in [0.717, 1.165) is 16.7 Å². The second-order valence-electron chi connectivity index (χ2n) is 11.0. The fourth-order valence-corrected chi connectivity index (χ4v) is 7.74. The Balaban J connectivity index is 1.73. The molecule has 2 fully saturated rings. The lowest BCUT2D eigenvalue weighted by Crippen LogP contribution is -2.51. The molecule has 4 aliphatic rings. The Morgan fingerprint density at radius 1 is 1.17 bits per heavy atom. The molecule has 36 heavy (non-hydrogen) atoms. The van der Waals surface area contributed by atoms with Gasteiger partial charge in [-0.05, 0) is 91.2 Å². The number of hydrogen-bond acceptors (Lipinski definition) is 3. The standard InChI is InChI=1S/C29H29F4NO2/c1-16(35)28(11-12-29(31,32)33)10-9-24-22-14-25(30)21-13-19(36)7-8-20(21)26(22)23(15-27(24,28)2)17-3-5-18(34)6-4-17/h3-6,13,22-25H,7-10,14-15,34H2,1-2H3/t22-,23+,24-,25?,27-,28-/m0/s1. The van der Waals surface area contributed by atoms with E-state index < -0.39 is 23.2 Å². The van der Waals surface area contributed by atoms with Gasteiger partial charge in [0.15, 0.2) is 5.78 Å². The predicted molar refractivity (Wildman–Crippen MR) is 128 cm³/mol. The Morgan fingerprint density at radius 2 is 1.86 bits per heavy atom. The second-order valence-corrected chi connectivity index (χ2v) is 11.0. The smallest absolute Gasteiger partial charge is 0.399 e. The first kappa shape index (κ1) is 24.8. The van der Waals surface area contributed by atoms with Gasteiger partial charge >= 0.3 is 6.18 Å². The number of allylic oxidation sites excluding steroid dienone is 4. The number of fused-ring (bicyclic) bond motifs is 4. The highest BCUT2D eigenvalue weighted by atomic mass is 19.4. The minimum Gasteiger partial charge on any atom is -0.399 e. The van der Waals surface area contributed by atoms with Crippen molar-refractivity contribution >= 4 is 17.3 Å². The van der Waals surface area contributed by atoms with Crippen LogP contribution in [0.15, 0.2) is 47.1 Å². The van der Waals surface area contributed by atoms with Crippen LogP contribution < -0.4 is 5.73 Å². The van der Waals surface area contributed by atoms with Crippen molar-refractivity contribution in [2.75, 3.05) is 5.73 Å². The van der Waals surface area contributed by atoms with Crippen LogP contribution in [0.3, 0.4) is 0 Å². The number of nitrogens with two attached hydrogens (primary N) is 1. The number of carbonyl (C=O) groups excluding carboxylic acids is 2. The van der Waals surface area contributed by atoms with E-state index in [0.29, 0.717) is 36.9 Å². The summed E-state index contributed by atoms with van der Waals surface area (Å²) in [6.07, 6.45) is -2.53. The maximum atomic E-state index is 15.6. The number of hydrogen-bond donors (Lipinski definition) is 1. The average Bonchev–Trinajstić information content (AvgIpc) is 3.11. The minimum absolute atomic E-state index is 0.0842. The van der Waals surface area contributed by atoms with Gasteiger partial charge in [-0.25, -0.2) is 4.39 Å². The van der Waals surface area contributed by atoms with E-state index in [4.69, 9.17) is 5.73 Å². The Labute approximate surface area is 208 Å². The fraction of sp³-hybridized carbons (Fsp3) is 0.517. The van der Waals surface area contributed by atoms with Crippen molar-refractivity contribution in [3.63, 3.8) is 0 Å². The van der Waals surface area contributed by atoms with Gasteiger partial charge in [-0.15, -0.1) is 0 Å². The van der Waals surface area contributed by atoms with Crippen LogP contribution in [0.4, 0.5) is 23.2 Å². The third-order valence-corrected chi connectivity index (χ3v) is 9.30. The number of anilines is 1. The van der Waals surface area contributed by atoms with Crippen molar-refractivity contribution in [3.8, 4) is 11.8 Å². The molecule has 1 aromatic carbocycles. The van der Waals surface area contributed by atoms with Crippen LogP contribution in [0.25, 0.3) is 0 Å². The molecule has 0 radical (unpaired) electrons. The first-order valence-corrected chi connectivity index (χ1v) is 12.5. The Hall–Kier alpha value is -2.88. The van der Waals surface area contributed by atoms with Gasteiger partial charge < -0.3 is 5.73 Å². The summed E-state index contributed by atoms with van der Waals surface area (Å²) in [7, 11) is 0. The molecule has 6 atom stereocenters. The molecule has 2 N–H and O–H groups in total. The van der Waals surface area contributed by atoms with Crippen LogP contribution in [0, 0.1) is 34.5 Å². The molecule has 190 valence electrons. The van der Waals surface area contributed by atoms with Gasteiger partial charge in [-0.2, -0.15) is 13.2 Å². The first-order valence-electron chi connectivity index (χ1n) is 12.5. The highest BCUT2D eigenvalue weighted by Crippen LogP contribution is 2.69. The fourth-order valence-electron chi connectivity index (χ4n) is 7.74. The van der Waals surface area contributed by atoms with E-state index in [1.165, 1.54) is 18.9 Å². The largest absolute Gasteiger partial charge is 0.457 e. The zero-order valence-electron chi connectivity index (χ0n) is 20.3. The SMILES string of the molecule is CC(=O)[C@@]1(C#CC(F)(F)F)CC[C@H]2[C@@H]3CC(F)C4=CC(=O)CCC4=C3[C@@H](c3ccc(N)cc3)C[C@@]21C. The summed E-state index contributed by atoms with van der Waals surface area (Å²) in [4.78, 5) is 25.2. The molecule has 2 saturated carbocycles. The number of carbonyl (C=O) groups is 2. The number of Topliss-reactive ketones (excluding diaryl/α,β-unsaturated/α-hetero) is 1. The van der Waals surface area contributed by atoms with Gasteiger partial charge in [0.25, 0.3) is 0 Å². The highest BCUT2D eigenvalue weighted by Gasteiger charge is 2.65. The third kappa shape index (κ3) is 3.72. The van der Waals surface area contributed by atoms with Crippen LogP contribution in [-0.2, 0) is 9.59 Å². The molecule has 0 spiro atoms. The summed E-state index contributed by atoms with van der Waals surface area (Å²) in [6.45, 7) is 3.21. The maximum Gasteiger partial charge on any atom is 0.457 e. The van der Waals surface area contributed by atoms with Gasteiger partial charge in [-0.1, -0.05) is 30.6 Å². The van der Waals surface area contributed by atoms with Crippen molar-refractivity contribution in [2.45, 2.75) is 70.6 Å². The molecule has 5 rings (SSSR count). The number of nitrogen functional groups attached to an aromatic ring is 1. The predicted octanol–water partition coefficient (Wildman–Crippen LogP) is 6.26.